The van der Waals surface area contributed by atoms with Crippen molar-refractivity contribution in [2.24, 2.45) is 0 Å². The van der Waals surface area contributed by atoms with Crippen molar-refractivity contribution in [2.75, 3.05) is 14.2 Å². The highest BCUT2D eigenvalue weighted by atomic mass is 16.5. The van der Waals surface area contributed by atoms with E-state index in [4.69, 9.17) is 9.47 Å². The normalized spacial score (nSPS) is 11.2. The molecule has 1 radical (unpaired) electrons. The number of hydrogen-bond donors (Lipinski definition) is 0. The lowest BCUT2D eigenvalue weighted by atomic mass is 9.97. The first-order valence-electron chi connectivity index (χ1n) is 4.42. The SMILES string of the molecule is COc1cccc(C(C)(C)[O])c1OC. The van der Waals surface area contributed by atoms with Crippen LogP contribution in [0.15, 0.2) is 18.2 Å². The first-order valence-corrected chi connectivity index (χ1v) is 4.42. The largest absolute Gasteiger partial charge is 0.493 e. The minimum absolute atomic E-state index is 0.523. The van der Waals surface area contributed by atoms with Crippen molar-refractivity contribution in [1.29, 1.82) is 0 Å². The van der Waals surface area contributed by atoms with Gasteiger partial charge in [0.05, 0.1) is 14.2 Å². The van der Waals surface area contributed by atoms with Crippen molar-refractivity contribution >= 4 is 0 Å². The second-order valence-electron chi connectivity index (χ2n) is 3.55. The molecule has 3 heteroatoms. The third-order valence-electron chi connectivity index (χ3n) is 2.05. The first kappa shape index (κ1) is 10.9. The van der Waals surface area contributed by atoms with Crippen molar-refractivity contribution in [3.05, 3.63) is 23.8 Å². The smallest absolute Gasteiger partial charge is 0.166 e. The topological polar surface area (TPSA) is 38.4 Å². The second-order valence-corrected chi connectivity index (χ2v) is 3.55. The fraction of sp³-hybridized carbons (Fsp3) is 0.455. The van der Waals surface area contributed by atoms with Gasteiger partial charge in [-0.3, -0.25) is 0 Å². The van der Waals surface area contributed by atoms with Crippen molar-refractivity contribution in [1.82, 2.24) is 0 Å². The Hall–Kier alpha value is -1.22. The number of hydrogen-bond acceptors (Lipinski definition) is 2. The highest BCUT2D eigenvalue weighted by Crippen LogP contribution is 2.37. The fourth-order valence-electron chi connectivity index (χ4n) is 1.36. The summed E-state index contributed by atoms with van der Waals surface area (Å²) in [5, 5.41) is 11.8. The van der Waals surface area contributed by atoms with Gasteiger partial charge in [0.15, 0.2) is 11.5 Å². The molecule has 3 nitrogen and oxygen atoms in total. The van der Waals surface area contributed by atoms with E-state index in [1.54, 1.807) is 39.2 Å². The molecule has 0 spiro atoms. The van der Waals surface area contributed by atoms with Crippen molar-refractivity contribution in [2.45, 2.75) is 19.4 Å². The molecule has 0 aliphatic heterocycles. The van der Waals surface area contributed by atoms with Crippen LogP contribution in [0.3, 0.4) is 0 Å². The van der Waals surface area contributed by atoms with E-state index in [1.165, 1.54) is 7.11 Å². The molecule has 0 aromatic heterocycles. The summed E-state index contributed by atoms with van der Waals surface area (Å²) < 4.78 is 10.3. The van der Waals surface area contributed by atoms with Crippen molar-refractivity contribution < 1.29 is 14.6 Å². The van der Waals surface area contributed by atoms with Gasteiger partial charge in [-0.1, -0.05) is 12.1 Å². The van der Waals surface area contributed by atoms with Gasteiger partial charge in [-0.25, -0.2) is 5.11 Å². The van der Waals surface area contributed by atoms with E-state index in [9.17, 15) is 5.11 Å². The third kappa shape index (κ3) is 1.99. The third-order valence-corrected chi connectivity index (χ3v) is 2.05. The lowest BCUT2D eigenvalue weighted by molar-refractivity contribution is -0.00220. The summed E-state index contributed by atoms with van der Waals surface area (Å²) in [7, 11) is 3.09. The standard InChI is InChI=1S/C11H15O3/c1-11(2,12)8-6-5-7-9(13-3)10(8)14-4/h5-7H,1-4H3. The van der Waals surface area contributed by atoms with Gasteiger partial charge in [-0.15, -0.1) is 0 Å². The lowest BCUT2D eigenvalue weighted by Crippen LogP contribution is -2.15. The quantitative estimate of drug-likeness (QED) is 0.742. The molecule has 0 saturated heterocycles. The number of methoxy groups -OCH3 is 2. The van der Waals surface area contributed by atoms with E-state index in [1.807, 2.05) is 0 Å². The summed E-state index contributed by atoms with van der Waals surface area (Å²) in [6, 6.07) is 5.32. The maximum absolute atomic E-state index is 11.8. The van der Waals surface area contributed by atoms with Crippen LogP contribution in [0.4, 0.5) is 0 Å². The Kier molecular flexibility index (Phi) is 3.01. The number of benzene rings is 1. The zero-order valence-electron chi connectivity index (χ0n) is 8.96. The van der Waals surface area contributed by atoms with Crippen LogP contribution in [-0.4, -0.2) is 14.2 Å². The molecule has 0 saturated carbocycles. The van der Waals surface area contributed by atoms with Gasteiger partial charge in [0, 0.05) is 5.56 Å². The minimum Gasteiger partial charge on any atom is -0.493 e. The molecular formula is C11H15O3. The Labute approximate surface area is 84.3 Å². The van der Waals surface area contributed by atoms with Crippen LogP contribution in [0.5, 0.6) is 11.5 Å². The average molecular weight is 195 g/mol. The minimum atomic E-state index is -1.18. The van der Waals surface area contributed by atoms with Crippen LogP contribution < -0.4 is 9.47 Å². The first-order chi connectivity index (χ1) is 6.50. The summed E-state index contributed by atoms with van der Waals surface area (Å²) >= 11 is 0. The van der Waals surface area contributed by atoms with E-state index < -0.39 is 5.60 Å². The predicted molar refractivity (Wildman–Crippen MR) is 53.3 cm³/mol. The molecule has 0 aliphatic carbocycles. The number of ether oxygens (including phenoxy) is 2. The molecule has 0 amide bonds. The zero-order chi connectivity index (χ0) is 10.8. The van der Waals surface area contributed by atoms with E-state index in [2.05, 4.69) is 0 Å². The molecule has 0 heterocycles. The second kappa shape index (κ2) is 3.88. The van der Waals surface area contributed by atoms with Crippen molar-refractivity contribution in [3.63, 3.8) is 0 Å². The monoisotopic (exact) mass is 195 g/mol. The predicted octanol–water partition coefficient (Wildman–Crippen LogP) is 2.37. The van der Waals surface area contributed by atoms with Crippen LogP contribution in [0.2, 0.25) is 0 Å². The van der Waals surface area contributed by atoms with Gasteiger partial charge in [0.2, 0.25) is 0 Å². The number of para-hydroxylation sites is 1. The number of rotatable bonds is 3. The van der Waals surface area contributed by atoms with E-state index in [0.717, 1.165) is 0 Å². The van der Waals surface area contributed by atoms with Crippen LogP contribution in [-0.2, 0) is 10.7 Å². The van der Waals surface area contributed by atoms with Gasteiger partial charge in [-0.05, 0) is 19.9 Å². The molecular weight excluding hydrogens is 180 g/mol. The molecule has 0 bridgehead atoms. The Bertz CT molecular complexity index is 313. The molecule has 0 unspecified atom stereocenters. The molecule has 14 heavy (non-hydrogen) atoms. The van der Waals surface area contributed by atoms with Crippen LogP contribution >= 0.6 is 0 Å². The molecule has 77 valence electrons. The summed E-state index contributed by atoms with van der Waals surface area (Å²) in [6.45, 7) is 3.20. The Morgan fingerprint density at radius 1 is 1.14 bits per heavy atom. The Morgan fingerprint density at radius 3 is 2.21 bits per heavy atom. The summed E-state index contributed by atoms with van der Waals surface area (Å²) in [5.74, 6) is 1.11. The molecule has 0 aliphatic rings. The fourth-order valence-corrected chi connectivity index (χ4v) is 1.36. The zero-order valence-corrected chi connectivity index (χ0v) is 8.96. The van der Waals surface area contributed by atoms with E-state index in [-0.39, 0.29) is 0 Å². The van der Waals surface area contributed by atoms with Crippen LogP contribution in [0.25, 0.3) is 0 Å². The highest BCUT2D eigenvalue weighted by molar-refractivity contribution is 5.48. The van der Waals surface area contributed by atoms with Crippen LogP contribution in [0.1, 0.15) is 19.4 Å². The average Bonchev–Trinajstić information content (AvgIpc) is 2.15. The maximum Gasteiger partial charge on any atom is 0.166 e. The van der Waals surface area contributed by atoms with E-state index >= 15 is 0 Å². The molecule has 0 N–H and O–H groups in total. The Balaban J connectivity index is 3.29. The maximum atomic E-state index is 11.8. The molecule has 0 fully saturated rings. The van der Waals surface area contributed by atoms with Gasteiger partial charge < -0.3 is 9.47 Å². The van der Waals surface area contributed by atoms with E-state index in [0.29, 0.717) is 17.1 Å². The summed E-state index contributed by atoms with van der Waals surface area (Å²) in [4.78, 5) is 0. The van der Waals surface area contributed by atoms with Gasteiger partial charge >= 0.3 is 0 Å². The van der Waals surface area contributed by atoms with Crippen LogP contribution in [0, 0.1) is 0 Å². The van der Waals surface area contributed by atoms with Crippen molar-refractivity contribution in [3.8, 4) is 11.5 Å². The highest BCUT2D eigenvalue weighted by Gasteiger charge is 2.24. The summed E-state index contributed by atoms with van der Waals surface area (Å²) in [6.07, 6.45) is 0. The van der Waals surface area contributed by atoms with Gasteiger partial charge in [0.1, 0.15) is 5.60 Å². The van der Waals surface area contributed by atoms with Gasteiger partial charge in [-0.2, -0.15) is 0 Å². The summed E-state index contributed by atoms with van der Waals surface area (Å²) in [5.41, 5.74) is -0.570. The molecule has 1 aromatic rings. The molecule has 1 aromatic carbocycles. The lowest BCUT2D eigenvalue weighted by Gasteiger charge is -2.19. The molecule has 0 atom stereocenters. The molecule has 1 rings (SSSR count). The Morgan fingerprint density at radius 2 is 1.79 bits per heavy atom. The van der Waals surface area contributed by atoms with Gasteiger partial charge in [0.25, 0.3) is 0 Å².